The van der Waals surface area contributed by atoms with Crippen molar-refractivity contribution >= 4 is 5.82 Å². The number of rotatable bonds is 3. The van der Waals surface area contributed by atoms with Gasteiger partial charge >= 0.3 is 0 Å². The first-order chi connectivity index (χ1) is 8.93. The molecule has 1 unspecified atom stereocenters. The van der Waals surface area contributed by atoms with Crippen molar-refractivity contribution in [3.63, 3.8) is 0 Å². The highest BCUT2D eigenvalue weighted by molar-refractivity contribution is 5.47. The largest absolute Gasteiger partial charge is 0.378 e. The number of hydrogen-bond acceptors (Lipinski definition) is 5. The van der Waals surface area contributed by atoms with Gasteiger partial charge in [-0.15, -0.1) is 0 Å². The number of ether oxygens (including phenoxy) is 1. The van der Waals surface area contributed by atoms with E-state index in [-0.39, 0.29) is 0 Å². The Morgan fingerprint density at radius 2 is 2.28 bits per heavy atom. The van der Waals surface area contributed by atoms with Gasteiger partial charge in [-0.2, -0.15) is 0 Å². The summed E-state index contributed by atoms with van der Waals surface area (Å²) in [5.74, 6) is 1.02. The smallest absolute Gasteiger partial charge is 0.132 e. The van der Waals surface area contributed by atoms with Gasteiger partial charge in [0.25, 0.3) is 0 Å². The van der Waals surface area contributed by atoms with E-state index in [1.807, 2.05) is 0 Å². The molecule has 0 spiro atoms. The zero-order chi connectivity index (χ0) is 12.2. The molecule has 98 valence electrons. The van der Waals surface area contributed by atoms with Gasteiger partial charge in [-0.3, -0.25) is 0 Å². The molecule has 2 aliphatic rings. The van der Waals surface area contributed by atoms with Crippen LogP contribution in [0.1, 0.15) is 24.1 Å². The lowest BCUT2D eigenvalue weighted by molar-refractivity contribution is 0.0806. The second-order valence-electron chi connectivity index (χ2n) is 4.96. The fourth-order valence-electron chi connectivity index (χ4n) is 2.64. The summed E-state index contributed by atoms with van der Waals surface area (Å²) in [4.78, 5) is 8.77. The van der Waals surface area contributed by atoms with E-state index in [1.54, 1.807) is 6.33 Å². The molecule has 1 aliphatic carbocycles. The number of nitrogens with zero attached hydrogens (tertiary/aromatic N) is 2. The molecule has 2 N–H and O–H groups in total. The standard InChI is InChI=1S/C13H20N4O/c1-2-4-12-11(3-1)13(17-9-16-12)15-7-10-8-18-6-5-14-10/h9-10,14H,1-8H2,(H,15,16,17). The van der Waals surface area contributed by atoms with E-state index < -0.39 is 0 Å². The second-order valence-corrected chi connectivity index (χ2v) is 4.96. The Labute approximate surface area is 107 Å². The van der Waals surface area contributed by atoms with Crippen molar-refractivity contribution in [3.05, 3.63) is 17.6 Å². The monoisotopic (exact) mass is 248 g/mol. The van der Waals surface area contributed by atoms with Crippen molar-refractivity contribution in [2.75, 3.05) is 31.6 Å². The first-order valence-electron chi connectivity index (χ1n) is 6.81. The van der Waals surface area contributed by atoms with Crippen LogP contribution in [0.25, 0.3) is 0 Å². The van der Waals surface area contributed by atoms with E-state index in [0.717, 1.165) is 45.0 Å². The van der Waals surface area contributed by atoms with E-state index in [0.29, 0.717) is 6.04 Å². The van der Waals surface area contributed by atoms with E-state index in [9.17, 15) is 0 Å². The van der Waals surface area contributed by atoms with Crippen LogP contribution in [0.2, 0.25) is 0 Å². The molecule has 1 atom stereocenters. The van der Waals surface area contributed by atoms with Crippen molar-refractivity contribution in [2.45, 2.75) is 31.7 Å². The third-order valence-corrected chi connectivity index (χ3v) is 3.64. The molecule has 0 aromatic carbocycles. The quantitative estimate of drug-likeness (QED) is 0.827. The molecule has 1 fully saturated rings. The van der Waals surface area contributed by atoms with Gasteiger partial charge in [0.15, 0.2) is 0 Å². The molecule has 5 heteroatoms. The van der Waals surface area contributed by atoms with Gasteiger partial charge in [-0.25, -0.2) is 9.97 Å². The molecule has 0 amide bonds. The van der Waals surface area contributed by atoms with Gasteiger partial charge in [-0.05, 0) is 25.7 Å². The number of fused-ring (bicyclic) bond motifs is 1. The van der Waals surface area contributed by atoms with E-state index in [2.05, 4.69) is 20.6 Å². The topological polar surface area (TPSA) is 59.1 Å². The molecule has 0 bridgehead atoms. The van der Waals surface area contributed by atoms with Gasteiger partial charge in [0, 0.05) is 30.4 Å². The minimum atomic E-state index is 0.382. The van der Waals surface area contributed by atoms with Crippen LogP contribution in [0.5, 0.6) is 0 Å². The third-order valence-electron chi connectivity index (χ3n) is 3.64. The molecule has 18 heavy (non-hydrogen) atoms. The lowest BCUT2D eigenvalue weighted by atomic mass is 9.96. The molecular formula is C13H20N4O. The fourth-order valence-corrected chi connectivity index (χ4v) is 2.64. The van der Waals surface area contributed by atoms with E-state index in [1.165, 1.54) is 24.1 Å². The molecule has 3 rings (SSSR count). The second kappa shape index (κ2) is 5.63. The summed E-state index contributed by atoms with van der Waals surface area (Å²) < 4.78 is 5.45. The average molecular weight is 248 g/mol. The number of morpholine rings is 1. The molecule has 1 aliphatic heterocycles. The predicted molar refractivity (Wildman–Crippen MR) is 69.8 cm³/mol. The van der Waals surface area contributed by atoms with E-state index >= 15 is 0 Å². The number of aromatic nitrogens is 2. The van der Waals surface area contributed by atoms with Crippen LogP contribution in [0.4, 0.5) is 5.82 Å². The highest BCUT2D eigenvalue weighted by Gasteiger charge is 2.17. The molecular weight excluding hydrogens is 228 g/mol. The number of hydrogen-bond donors (Lipinski definition) is 2. The first-order valence-corrected chi connectivity index (χ1v) is 6.81. The molecule has 1 aromatic heterocycles. The number of aryl methyl sites for hydroxylation is 1. The Bertz CT molecular complexity index is 404. The van der Waals surface area contributed by atoms with Gasteiger partial charge in [0.1, 0.15) is 12.1 Å². The summed E-state index contributed by atoms with van der Waals surface area (Å²) in [6.07, 6.45) is 6.38. The summed E-state index contributed by atoms with van der Waals surface area (Å²) in [6, 6.07) is 0.382. The van der Waals surface area contributed by atoms with Gasteiger partial charge < -0.3 is 15.4 Å². The van der Waals surface area contributed by atoms with Crippen molar-refractivity contribution in [1.82, 2.24) is 15.3 Å². The van der Waals surface area contributed by atoms with Crippen molar-refractivity contribution in [3.8, 4) is 0 Å². The average Bonchev–Trinajstić information content (AvgIpc) is 2.46. The molecule has 2 heterocycles. The Hall–Kier alpha value is -1.20. The van der Waals surface area contributed by atoms with Crippen molar-refractivity contribution in [1.29, 1.82) is 0 Å². The summed E-state index contributed by atoms with van der Waals surface area (Å²) in [5.41, 5.74) is 2.55. The summed E-state index contributed by atoms with van der Waals surface area (Å²) in [5, 5.41) is 6.89. The Morgan fingerprint density at radius 1 is 1.33 bits per heavy atom. The highest BCUT2D eigenvalue weighted by Crippen LogP contribution is 2.24. The molecule has 5 nitrogen and oxygen atoms in total. The summed E-state index contributed by atoms with van der Waals surface area (Å²) in [7, 11) is 0. The van der Waals surface area contributed by atoms with Crippen LogP contribution in [0, 0.1) is 0 Å². The maximum absolute atomic E-state index is 5.45. The number of nitrogens with one attached hydrogen (secondary N) is 2. The van der Waals surface area contributed by atoms with Crippen LogP contribution >= 0.6 is 0 Å². The zero-order valence-corrected chi connectivity index (χ0v) is 10.6. The van der Waals surface area contributed by atoms with Gasteiger partial charge in [-0.1, -0.05) is 0 Å². The van der Waals surface area contributed by atoms with Crippen LogP contribution in [0.3, 0.4) is 0 Å². The Balaban J connectivity index is 1.65. The zero-order valence-electron chi connectivity index (χ0n) is 10.6. The van der Waals surface area contributed by atoms with Gasteiger partial charge in [0.05, 0.1) is 13.2 Å². The molecule has 0 saturated carbocycles. The lowest BCUT2D eigenvalue weighted by Crippen LogP contribution is -2.45. The van der Waals surface area contributed by atoms with Crippen molar-refractivity contribution in [2.24, 2.45) is 0 Å². The molecule has 1 aromatic rings. The Kier molecular flexibility index (Phi) is 3.71. The van der Waals surface area contributed by atoms with Crippen LogP contribution in [-0.2, 0) is 17.6 Å². The summed E-state index contributed by atoms with van der Waals surface area (Å²) in [6.45, 7) is 3.40. The lowest BCUT2D eigenvalue weighted by Gasteiger charge is -2.25. The predicted octanol–water partition coefficient (Wildman–Crippen LogP) is 0.756. The van der Waals surface area contributed by atoms with Crippen LogP contribution in [0.15, 0.2) is 6.33 Å². The molecule has 1 saturated heterocycles. The Morgan fingerprint density at radius 3 is 3.17 bits per heavy atom. The summed E-state index contributed by atoms with van der Waals surface area (Å²) >= 11 is 0. The highest BCUT2D eigenvalue weighted by atomic mass is 16.5. The van der Waals surface area contributed by atoms with Gasteiger partial charge in [0.2, 0.25) is 0 Å². The van der Waals surface area contributed by atoms with Crippen molar-refractivity contribution < 1.29 is 4.74 Å². The van der Waals surface area contributed by atoms with E-state index in [4.69, 9.17) is 4.74 Å². The minimum Gasteiger partial charge on any atom is -0.378 e. The van der Waals surface area contributed by atoms with Crippen LogP contribution in [-0.4, -0.2) is 42.3 Å². The molecule has 0 radical (unpaired) electrons. The fraction of sp³-hybridized carbons (Fsp3) is 0.692. The minimum absolute atomic E-state index is 0.382. The normalized spacial score (nSPS) is 23.4. The first kappa shape index (κ1) is 11.9. The number of anilines is 1. The third kappa shape index (κ3) is 2.62. The maximum atomic E-state index is 5.45. The SMILES string of the molecule is c1nc2c(c(NCC3COCCN3)n1)CCCC2. The maximum Gasteiger partial charge on any atom is 0.132 e. The van der Waals surface area contributed by atoms with Crippen LogP contribution < -0.4 is 10.6 Å².